The molecule has 1 N–H and O–H groups in total. The highest BCUT2D eigenvalue weighted by molar-refractivity contribution is 5.76. The van der Waals surface area contributed by atoms with Crippen molar-refractivity contribution >= 4 is 5.82 Å². The van der Waals surface area contributed by atoms with Crippen molar-refractivity contribution in [1.29, 1.82) is 0 Å². The molecule has 2 aromatic carbocycles. The van der Waals surface area contributed by atoms with Crippen LogP contribution < -0.4 is 10.1 Å². The zero-order valence-electron chi connectivity index (χ0n) is 14.0. The molecule has 4 heteroatoms. The lowest BCUT2D eigenvalue weighted by molar-refractivity contribution is 0.416. The predicted octanol–water partition coefficient (Wildman–Crippen LogP) is 4.08. The van der Waals surface area contributed by atoms with Crippen molar-refractivity contribution in [1.82, 2.24) is 9.78 Å². The number of aromatic nitrogens is 2. The summed E-state index contributed by atoms with van der Waals surface area (Å²) in [7, 11) is 1.71. The monoisotopic (exact) mass is 319 g/mol. The van der Waals surface area contributed by atoms with Crippen LogP contribution in [-0.4, -0.2) is 23.4 Å². The van der Waals surface area contributed by atoms with Gasteiger partial charge in [-0.2, -0.15) is 5.10 Å². The van der Waals surface area contributed by atoms with Crippen molar-refractivity contribution in [2.24, 2.45) is 0 Å². The van der Waals surface area contributed by atoms with Crippen molar-refractivity contribution < 1.29 is 4.74 Å². The van der Waals surface area contributed by atoms with E-state index in [4.69, 9.17) is 9.84 Å². The maximum absolute atomic E-state index is 5.55. The number of anilines is 1. The normalized spacial score (nSPS) is 12.8. The summed E-state index contributed by atoms with van der Waals surface area (Å²) in [4.78, 5) is 0. The Morgan fingerprint density at radius 2 is 1.92 bits per heavy atom. The zero-order valence-corrected chi connectivity index (χ0v) is 14.0. The first-order chi connectivity index (χ1) is 11.8. The average Bonchev–Trinajstić information content (AvgIpc) is 3.24. The summed E-state index contributed by atoms with van der Waals surface area (Å²) in [5.74, 6) is 1.97. The first-order valence-corrected chi connectivity index (χ1v) is 8.41. The van der Waals surface area contributed by atoms with Crippen LogP contribution in [0.1, 0.15) is 18.1 Å². The lowest BCUT2D eigenvalue weighted by Crippen LogP contribution is -2.06. The topological polar surface area (TPSA) is 39.1 Å². The molecule has 0 unspecified atom stereocenters. The minimum Gasteiger partial charge on any atom is -0.496 e. The van der Waals surface area contributed by atoms with Crippen LogP contribution in [0.2, 0.25) is 0 Å². The molecule has 0 aliphatic carbocycles. The van der Waals surface area contributed by atoms with Gasteiger partial charge in [-0.25, -0.2) is 4.68 Å². The number of nitrogens with one attached hydrogen (secondary N) is 1. The third-order valence-corrected chi connectivity index (χ3v) is 4.61. The quantitative estimate of drug-likeness (QED) is 0.787. The van der Waals surface area contributed by atoms with Crippen LogP contribution >= 0.6 is 0 Å². The lowest BCUT2D eigenvalue weighted by Gasteiger charge is -2.11. The molecule has 4 rings (SSSR count). The van der Waals surface area contributed by atoms with E-state index in [1.807, 2.05) is 18.2 Å². The lowest BCUT2D eigenvalue weighted by atomic mass is 10.1. The molecule has 1 aromatic heterocycles. The predicted molar refractivity (Wildman–Crippen MR) is 97.1 cm³/mol. The molecule has 0 radical (unpaired) electrons. The first kappa shape index (κ1) is 14.8. The van der Waals surface area contributed by atoms with Gasteiger partial charge >= 0.3 is 0 Å². The van der Waals surface area contributed by atoms with Crippen LogP contribution in [0.3, 0.4) is 0 Å². The Hall–Kier alpha value is -2.75. The summed E-state index contributed by atoms with van der Waals surface area (Å²) in [6.07, 6.45) is 1.96. The van der Waals surface area contributed by atoms with Crippen molar-refractivity contribution in [3.8, 4) is 22.7 Å². The highest BCUT2D eigenvalue weighted by Gasteiger charge is 2.25. The summed E-state index contributed by atoms with van der Waals surface area (Å²) in [6, 6.07) is 16.6. The number of methoxy groups -OCH3 is 1. The van der Waals surface area contributed by atoms with Gasteiger partial charge in [0.2, 0.25) is 0 Å². The SMILES string of the molecule is CCc1ccccc1-n1nc(-c2ccccc2OC)c2c1NCC2. The molecule has 1 aliphatic rings. The van der Waals surface area contributed by atoms with Crippen molar-refractivity contribution in [2.45, 2.75) is 19.8 Å². The second-order valence-electron chi connectivity index (χ2n) is 5.95. The fraction of sp³-hybridized carbons (Fsp3) is 0.250. The molecule has 0 bridgehead atoms. The van der Waals surface area contributed by atoms with E-state index in [-0.39, 0.29) is 0 Å². The van der Waals surface area contributed by atoms with E-state index in [1.165, 1.54) is 11.1 Å². The molecule has 1 aliphatic heterocycles. The Bertz CT molecular complexity index is 812. The van der Waals surface area contributed by atoms with Crippen molar-refractivity contribution in [3.05, 3.63) is 59.7 Å². The van der Waals surface area contributed by atoms with Crippen LogP contribution in [0.15, 0.2) is 48.5 Å². The Balaban J connectivity index is 1.93. The molecule has 0 atom stereocenters. The number of rotatable bonds is 4. The number of hydrogen-bond acceptors (Lipinski definition) is 3. The van der Waals surface area contributed by atoms with E-state index in [9.17, 15) is 0 Å². The van der Waals surface area contributed by atoms with Gasteiger partial charge in [-0.05, 0) is 36.6 Å². The number of ether oxygens (including phenoxy) is 1. The van der Waals surface area contributed by atoms with Gasteiger partial charge in [-0.1, -0.05) is 37.3 Å². The van der Waals surface area contributed by atoms with Crippen LogP contribution in [0.5, 0.6) is 5.75 Å². The Labute approximate surface area is 142 Å². The van der Waals surface area contributed by atoms with Gasteiger partial charge in [0, 0.05) is 17.7 Å². The van der Waals surface area contributed by atoms with Gasteiger partial charge in [0.25, 0.3) is 0 Å². The number of fused-ring (bicyclic) bond motifs is 1. The Morgan fingerprint density at radius 1 is 1.12 bits per heavy atom. The van der Waals surface area contributed by atoms with E-state index >= 15 is 0 Å². The van der Waals surface area contributed by atoms with E-state index in [0.29, 0.717) is 0 Å². The molecule has 122 valence electrons. The van der Waals surface area contributed by atoms with Crippen molar-refractivity contribution in [2.75, 3.05) is 19.0 Å². The molecule has 0 amide bonds. The van der Waals surface area contributed by atoms with Crippen LogP contribution in [-0.2, 0) is 12.8 Å². The maximum atomic E-state index is 5.55. The van der Waals surface area contributed by atoms with Gasteiger partial charge in [0.15, 0.2) is 0 Å². The van der Waals surface area contributed by atoms with Crippen LogP contribution in [0.4, 0.5) is 5.82 Å². The van der Waals surface area contributed by atoms with E-state index in [2.05, 4.69) is 47.3 Å². The smallest absolute Gasteiger partial charge is 0.133 e. The summed E-state index contributed by atoms with van der Waals surface area (Å²) >= 11 is 0. The van der Waals surface area contributed by atoms with Gasteiger partial charge < -0.3 is 10.1 Å². The molecule has 2 heterocycles. The standard InChI is InChI=1S/C20H21N3O/c1-3-14-8-4-6-10-17(14)23-20-16(12-13-21-20)19(22-23)15-9-5-7-11-18(15)24-2/h4-11,21H,3,12-13H2,1-2H3. The molecule has 0 fully saturated rings. The van der Waals surface area contributed by atoms with E-state index in [0.717, 1.165) is 47.9 Å². The van der Waals surface area contributed by atoms with Gasteiger partial charge in [-0.3, -0.25) is 0 Å². The molecule has 0 saturated carbocycles. The summed E-state index contributed by atoms with van der Waals surface area (Å²) in [5, 5.41) is 8.47. The molecule has 0 saturated heterocycles. The molecule has 24 heavy (non-hydrogen) atoms. The van der Waals surface area contributed by atoms with Crippen molar-refractivity contribution in [3.63, 3.8) is 0 Å². The number of nitrogens with zero attached hydrogens (tertiary/aromatic N) is 2. The largest absolute Gasteiger partial charge is 0.496 e. The van der Waals surface area contributed by atoms with Crippen LogP contribution in [0, 0.1) is 0 Å². The second kappa shape index (κ2) is 6.04. The summed E-state index contributed by atoms with van der Waals surface area (Å²) < 4.78 is 7.61. The molecule has 3 aromatic rings. The fourth-order valence-electron chi connectivity index (χ4n) is 3.42. The third kappa shape index (κ3) is 2.26. The minimum atomic E-state index is 0.862. The number of aryl methyl sites for hydroxylation is 1. The molecular formula is C20H21N3O. The Morgan fingerprint density at radius 3 is 2.75 bits per heavy atom. The molecule has 0 spiro atoms. The van der Waals surface area contributed by atoms with Gasteiger partial charge in [0.05, 0.1) is 12.8 Å². The minimum absolute atomic E-state index is 0.862. The summed E-state index contributed by atoms with van der Waals surface area (Å²) in [5.41, 5.74) is 5.77. The fourth-order valence-corrected chi connectivity index (χ4v) is 3.42. The van der Waals surface area contributed by atoms with Gasteiger partial charge in [-0.15, -0.1) is 0 Å². The maximum Gasteiger partial charge on any atom is 0.133 e. The van der Waals surface area contributed by atoms with Gasteiger partial charge in [0.1, 0.15) is 17.3 Å². The Kier molecular flexibility index (Phi) is 3.73. The van der Waals surface area contributed by atoms with E-state index < -0.39 is 0 Å². The highest BCUT2D eigenvalue weighted by atomic mass is 16.5. The highest BCUT2D eigenvalue weighted by Crippen LogP contribution is 2.38. The summed E-state index contributed by atoms with van der Waals surface area (Å²) in [6.45, 7) is 3.13. The van der Waals surface area contributed by atoms with Crippen LogP contribution in [0.25, 0.3) is 16.9 Å². The number of benzene rings is 2. The number of hydrogen-bond donors (Lipinski definition) is 1. The first-order valence-electron chi connectivity index (χ1n) is 8.41. The molecular weight excluding hydrogens is 298 g/mol. The molecule has 4 nitrogen and oxygen atoms in total. The second-order valence-corrected chi connectivity index (χ2v) is 5.95. The zero-order chi connectivity index (χ0) is 16.5. The number of para-hydroxylation sites is 2. The van der Waals surface area contributed by atoms with E-state index in [1.54, 1.807) is 7.11 Å². The average molecular weight is 319 g/mol. The third-order valence-electron chi connectivity index (χ3n) is 4.61.